The number of hydrogen-bond acceptors (Lipinski definition) is 4. The van der Waals surface area contributed by atoms with Gasteiger partial charge in [0, 0.05) is 0 Å². The van der Waals surface area contributed by atoms with E-state index in [1.54, 1.807) is 0 Å². The Labute approximate surface area is 47.2 Å². The molecule has 5 heteroatoms. The van der Waals surface area contributed by atoms with Crippen LogP contribution in [0.15, 0.2) is 12.7 Å². The highest BCUT2D eigenvalue weighted by Gasteiger charge is 2.03. The Kier molecular flexibility index (Phi) is 2.14. The van der Waals surface area contributed by atoms with Crippen LogP contribution in [0.5, 0.6) is 0 Å². The molecule has 0 aliphatic heterocycles. The van der Waals surface area contributed by atoms with Gasteiger partial charge in [0.1, 0.15) is 10.1 Å². The molecule has 4 nitrogen and oxygen atoms in total. The van der Waals surface area contributed by atoms with Gasteiger partial charge in [-0.3, -0.25) is 0 Å². The normalized spacial score (nSPS) is 15.2. The van der Waals surface area contributed by atoms with Crippen molar-refractivity contribution in [1.82, 2.24) is 0 Å². The van der Waals surface area contributed by atoms with E-state index in [1.165, 1.54) is 0 Å². The molecule has 1 N–H and O–H groups in total. The Morgan fingerprint density at radius 2 is 2.12 bits per heavy atom. The Morgan fingerprint density at radius 1 is 1.75 bits per heavy atom. The van der Waals surface area contributed by atoms with Gasteiger partial charge in [0.2, 0.25) is 0 Å². The molecule has 1 unspecified atom stereocenters. The summed E-state index contributed by atoms with van der Waals surface area (Å²) in [6.45, 7) is 2.90. The summed E-state index contributed by atoms with van der Waals surface area (Å²) in [5.41, 5.74) is -1.97. The zero-order valence-corrected chi connectivity index (χ0v) is 4.76. The highest BCUT2D eigenvalue weighted by molar-refractivity contribution is 7.86. The van der Waals surface area contributed by atoms with Crippen molar-refractivity contribution in [2.24, 2.45) is 0 Å². The third kappa shape index (κ3) is 2.06. The second-order valence-electron chi connectivity index (χ2n) is 1.12. The lowest BCUT2D eigenvalue weighted by molar-refractivity contribution is 0.273. The van der Waals surface area contributed by atoms with Crippen molar-refractivity contribution in [1.29, 1.82) is 0 Å². The van der Waals surface area contributed by atoms with Crippen molar-refractivity contribution < 1.29 is 18.1 Å². The molecule has 0 bridgehead atoms. The van der Waals surface area contributed by atoms with Gasteiger partial charge in [-0.1, -0.05) is 6.58 Å². The van der Waals surface area contributed by atoms with Crippen LogP contribution in [0, 0.1) is 0 Å². The third-order valence-corrected chi connectivity index (χ3v) is 1.28. The van der Waals surface area contributed by atoms with Crippen LogP contribution in [-0.2, 0) is 10.1 Å². The monoisotopic (exact) mass is 137 g/mol. The number of aliphatic hydroxyl groups is 1. The summed E-state index contributed by atoms with van der Waals surface area (Å²) < 4.78 is 29.1. The van der Waals surface area contributed by atoms with E-state index in [9.17, 15) is 13.0 Å². The Morgan fingerprint density at radius 3 is 2.12 bits per heavy atom. The molecular formula is C3H5O4S-. The minimum absolute atomic E-state index is 0.655. The van der Waals surface area contributed by atoms with Crippen molar-refractivity contribution in [3.05, 3.63) is 12.7 Å². The largest absolute Gasteiger partial charge is 0.746 e. The van der Waals surface area contributed by atoms with Crippen LogP contribution in [0.25, 0.3) is 0 Å². The van der Waals surface area contributed by atoms with Gasteiger partial charge in [-0.25, -0.2) is 8.42 Å². The summed E-state index contributed by atoms with van der Waals surface area (Å²) >= 11 is 0. The lowest BCUT2D eigenvalue weighted by Crippen LogP contribution is -2.16. The van der Waals surface area contributed by atoms with E-state index in [0.717, 1.165) is 0 Å². The average molecular weight is 137 g/mol. The van der Waals surface area contributed by atoms with E-state index in [2.05, 4.69) is 6.58 Å². The molecule has 0 radical (unpaired) electrons. The van der Waals surface area contributed by atoms with E-state index in [1.807, 2.05) is 0 Å². The van der Waals surface area contributed by atoms with Gasteiger partial charge >= 0.3 is 0 Å². The molecule has 0 amide bonds. The molecule has 0 aliphatic carbocycles. The van der Waals surface area contributed by atoms with E-state index >= 15 is 0 Å². The van der Waals surface area contributed by atoms with Gasteiger partial charge in [-0.15, -0.1) is 0 Å². The fraction of sp³-hybridized carbons (Fsp3) is 0.333. The maximum atomic E-state index is 9.69. The maximum absolute atomic E-state index is 9.69. The second kappa shape index (κ2) is 2.25. The van der Waals surface area contributed by atoms with Crippen LogP contribution in [-0.4, -0.2) is 23.5 Å². The van der Waals surface area contributed by atoms with E-state index < -0.39 is 15.6 Å². The fourth-order valence-corrected chi connectivity index (χ4v) is 0.354. The Bertz CT molecular complexity index is 168. The van der Waals surface area contributed by atoms with Crippen molar-refractivity contribution in [3.63, 3.8) is 0 Å². The zero-order valence-electron chi connectivity index (χ0n) is 3.94. The van der Waals surface area contributed by atoms with Crippen LogP contribution in [0.1, 0.15) is 0 Å². The van der Waals surface area contributed by atoms with E-state index in [4.69, 9.17) is 5.11 Å². The molecule has 8 heavy (non-hydrogen) atoms. The van der Waals surface area contributed by atoms with E-state index in [0.29, 0.717) is 6.08 Å². The highest BCUT2D eigenvalue weighted by Crippen LogP contribution is 1.91. The van der Waals surface area contributed by atoms with Gasteiger partial charge < -0.3 is 9.66 Å². The van der Waals surface area contributed by atoms with E-state index in [-0.39, 0.29) is 0 Å². The minimum Gasteiger partial charge on any atom is -0.746 e. The molecule has 0 saturated carbocycles. The number of rotatable bonds is 2. The molecule has 0 heterocycles. The summed E-state index contributed by atoms with van der Waals surface area (Å²) in [6.07, 6.45) is 0.655. The van der Waals surface area contributed by atoms with Crippen molar-refractivity contribution in [2.45, 2.75) is 5.44 Å². The molecular weight excluding hydrogens is 132 g/mol. The predicted octanol–water partition coefficient (Wildman–Crippen LogP) is -0.964. The zero-order chi connectivity index (χ0) is 6.78. The average Bonchev–Trinajstić information content (AvgIpc) is 1.62. The Balaban J connectivity index is 4.26. The molecule has 0 saturated heterocycles. The molecule has 0 rings (SSSR count). The topological polar surface area (TPSA) is 77.4 Å². The van der Waals surface area contributed by atoms with Crippen LogP contribution >= 0.6 is 0 Å². The lowest BCUT2D eigenvalue weighted by Gasteiger charge is -2.08. The summed E-state index contributed by atoms with van der Waals surface area (Å²) in [5, 5.41) is 8.18. The minimum atomic E-state index is -4.57. The second-order valence-corrected chi connectivity index (χ2v) is 2.59. The third-order valence-electron chi connectivity index (χ3n) is 0.497. The number of aliphatic hydroxyl groups excluding tert-OH is 1. The molecule has 1 atom stereocenters. The fourth-order valence-electron chi connectivity index (χ4n) is 0.118. The highest BCUT2D eigenvalue weighted by atomic mass is 32.2. The first-order valence-corrected chi connectivity index (χ1v) is 3.21. The van der Waals surface area contributed by atoms with Gasteiger partial charge in [0.25, 0.3) is 0 Å². The van der Waals surface area contributed by atoms with Crippen molar-refractivity contribution in [3.8, 4) is 0 Å². The van der Waals surface area contributed by atoms with Crippen LogP contribution < -0.4 is 0 Å². The summed E-state index contributed by atoms with van der Waals surface area (Å²) in [6, 6.07) is 0. The summed E-state index contributed by atoms with van der Waals surface area (Å²) in [4.78, 5) is 0. The van der Waals surface area contributed by atoms with Gasteiger partial charge in [-0.05, 0) is 6.08 Å². The Hall–Kier alpha value is -0.390. The first kappa shape index (κ1) is 7.61. The first-order chi connectivity index (χ1) is 3.48. The van der Waals surface area contributed by atoms with Gasteiger partial charge in [0.15, 0.2) is 5.44 Å². The molecule has 0 aromatic rings. The standard InChI is InChI=1S/C3H6O4S/c1-2-3(4)8(5,6)7/h2-4H,1H2,(H,5,6,7)/p-1. The maximum Gasteiger partial charge on any atom is 0.161 e. The molecule has 0 fully saturated rings. The SMILES string of the molecule is C=CC(O)S(=O)(=O)[O-]. The van der Waals surface area contributed by atoms with Crippen molar-refractivity contribution in [2.75, 3.05) is 0 Å². The molecule has 48 valence electrons. The number of hydrogen-bond donors (Lipinski definition) is 1. The first-order valence-electron chi connectivity index (χ1n) is 1.74. The lowest BCUT2D eigenvalue weighted by atomic mass is 10.7. The smallest absolute Gasteiger partial charge is 0.161 e. The van der Waals surface area contributed by atoms with Crippen molar-refractivity contribution >= 4 is 10.1 Å². The van der Waals surface area contributed by atoms with Gasteiger partial charge in [0.05, 0.1) is 0 Å². The summed E-state index contributed by atoms with van der Waals surface area (Å²) in [5.74, 6) is 0. The molecule has 0 aromatic heterocycles. The van der Waals surface area contributed by atoms with Gasteiger partial charge in [-0.2, -0.15) is 0 Å². The molecule has 0 spiro atoms. The molecule has 0 aliphatic rings. The summed E-state index contributed by atoms with van der Waals surface area (Å²) in [7, 11) is -4.57. The predicted molar refractivity (Wildman–Crippen MR) is 25.9 cm³/mol. The quantitative estimate of drug-likeness (QED) is 0.392. The van der Waals surface area contributed by atoms with Crippen LogP contribution in [0.3, 0.4) is 0 Å². The van der Waals surface area contributed by atoms with Crippen LogP contribution in [0.2, 0.25) is 0 Å². The van der Waals surface area contributed by atoms with Crippen LogP contribution in [0.4, 0.5) is 0 Å². The molecule has 0 aromatic carbocycles.